The first-order valence-corrected chi connectivity index (χ1v) is 8.68. The van der Waals surface area contributed by atoms with Gasteiger partial charge in [0.15, 0.2) is 0 Å². The maximum absolute atomic E-state index is 12.3. The molecule has 1 atom stereocenters. The SMILES string of the molecule is CN(C(=O)OC(C)(C)C)[C@@H](C(=O)S)c1ccc(C(=O)OC(C)(C)C)cc1. The summed E-state index contributed by atoms with van der Waals surface area (Å²) in [5.41, 5.74) is -0.411. The predicted octanol–water partition coefficient (Wildman–Crippen LogP) is 4.01. The molecule has 0 unspecified atom stereocenters. The molecule has 0 radical (unpaired) electrons. The van der Waals surface area contributed by atoms with E-state index in [1.54, 1.807) is 65.8 Å². The number of hydrogen-bond acceptors (Lipinski definition) is 5. The van der Waals surface area contributed by atoms with Gasteiger partial charge in [-0.25, -0.2) is 9.59 Å². The van der Waals surface area contributed by atoms with Gasteiger partial charge >= 0.3 is 12.1 Å². The average Bonchev–Trinajstić information content (AvgIpc) is 2.44. The van der Waals surface area contributed by atoms with E-state index in [0.29, 0.717) is 11.1 Å². The zero-order valence-electron chi connectivity index (χ0n) is 16.3. The van der Waals surface area contributed by atoms with E-state index < -0.39 is 34.4 Å². The molecule has 0 spiro atoms. The van der Waals surface area contributed by atoms with E-state index in [1.807, 2.05) is 0 Å². The van der Waals surface area contributed by atoms with E-state index in [9.17, 15) is 14.4 Å². The van der Waals surface area contributed by atoms with Crippen LogP contribution in [0.3, 0.4) is 0 Å². The number of rotatable bonds is 4. The summed E-state index contributed by atoms with van der Waals surface area (Å²) in [6.45, 7) is 10.6. The molecule has 6 nitrogen and oxygen atoms in total. The summed E-state index contributed by atoms with van der Waals surface area (Å²) >= 11 is 3.89. The number of esters is 1. The summed E-state index contributed by atoms with van der Waals surface area (Å²) in [6.07, 6.45) is -0.638. The van der Waals surface area contributed by atoms with Crippen LogP contribution in [0.15, 0.2) is 24.3 Å². The van der Waals surface area contributed by atoms with Gasteiger partial charge in [0.05, 0.1) is 5.56 Å². The Kier molecular flexibility index (Phi) is 6.88. The van der Waals surface area contributed by atoms with Crippen molar-refractivity contribution < 1.29 is 23.9 Å². The topological polar surface area (TPSA) is 72.9 Å². The lowest BCUT2D eigenvalue weighted by Gasteiger charge is -2.29. The van der Waals surface area contributed by atoms with Gasteiger partial charge in [-0.3, -0.25) is 9.69 Å². The second-order valence-corrected chi connectivity index (χ2v) is 8.40. The minimum Gasteiger partial charge on any atom is -0.456 e. The smallest absolute Gasteiger partial charge is 0.410 e. The molecule has 1 aromatic rings. The first-order chi connectivity index (χ1) is 11.7. The highest BCUT2D eigenvalue weighted by atomic mass is 32.1. The van der Waals surface area contributed by atoms with Crippen molar-refractivity contribution in [2.24, 2.45) is 0 Å². The van der Waals surface area contributed by atoms with Crippen LogP contribution < -0.4 is 0 Å². The Morgan fingerprint density at radius 3 is 1.77 bits per heavy atom. The molecule has 26 heavy (non-hydrogen) atoms. The predicted molar refractivity (Wildman–Crippen MR) is 102 cm³/mol. The van der Waals surface area contributed by atoms with Crippen molar-refractivity contribution in [1.29, 1.82) is 0 Å². The van der Waals surface area contributed by atoms with Crippen LogP contribution in [0.2, 0.25) is 0 Å². The number of thiol groups is 1. The molecule has 0 aromatic heterocycles. The van der Waals surface area contributed by atoms with E-state index in [2.05, 4.69) is 12.6 Å². The number of nitrogens with zero attached hydrogens (tertiary/aromatic N) is 1. The molecule has 0 bridgehead atoms. The third-order valence-corrected chi connectivity index (χ3v) is 3.41. The van der Waals surface area contributed by atoms with E-state index in [0.717, 1.165) is 0 Å². The minimum absolute atomic E-state index is 0.356. The van der Waals surface area contributed by atoms with Crippen molar-refractivity contribution in [3.63, 3.8) is 0 Å². The van der Waals surface area contributed by atoms with Crippen LogP contribution in [0.4, 0.5) is 4.79 Å². The standard InChI is InChI=1S/C19H27NO5S/c1-18(2,3)24-15(21)13-10-8-12(9-11-13)14(16(22)26)20(7)17(23)25-19(4,5)6/h8-11,14H,1-7H3,(H,22,26)/t14-/m1/s1. The molecule has 0 aliphatic heterocycles. The summed E-state index contributed by atoms with van der Waals surface area (Å²) in [4.78, 5) is 37.5. The first-order valence-electron chi connectivity index (χ1n) is 8.23. The Bertz CT molecular complexity index is 671. The number of carbonyl (C=O) groups excluding carboxylic acids is 3. The van der Waals surface area contributed by atoms with Crippen molar-refractivity contribution in [2.45, 2.75) is 58.8 Å². The largest absolute Gasteiger partial charge is 0.456 e. The minimum atomic E-state index is -0.930. The fourth-order valence-electron chi connectivity index (χ4n) is 2.11. The van der Waals surface area contributed by atoms with Crippen molar-refractivity contribution in [3.8, 4) is 0 Å². The molecular formula is C19H27NO5S. The lowest BCUT2D eigenvalue weighted by Crippen LogP contribution is -2.38. The van der Waals surface area contributed by atoms with Crippen molar-refractivity contribution in [1.82, 2.24) is 4.90 Å². The van der Waals surface area contributed by atoms with Gasteiger partial charge < -0.3 is 9.47 Å². The summed E-state index contributed by atoms with van der Waals surface area (Å²) in [5, 5.41) is -0.511. The number of hydrogen-bond donors (Lipinski definition) is 1. The van der Waals surface area contributed by atoms with Crippen LogP contribution in [-0.4, -0.2) is 40.3 Å². The maximum atomic E-state index is 12.3. The van der Waals surface area contributed by atoms with E-state index in [4.69, 9.17) is 9.47 Å². The maximum Gasteiger partial charge on any atom is 0.410 e. The molecule has 0 aliphatic rings. The molecule has 0 N–H and O–H groups in total. The Balaban J connectivity index is 3.03. The fraction of sp³-hybridized carbons (Fsp3) is 0.526. The molecule has 0 aliphatic carbocycles. The third kappa shape index (κ3) is 6.71. The molecule has 1 aromatic carbocycles. The van der Waals surface area contributed by atoms with Crippen molar-refractivity contribution in [3.05, 3.63) is 35.4 Å². The molecule has 0 saturated carbocycles. The van der Waals surface area contributed by atoms with Gasteiger partial charge in [0.1, 0.15) is 17.2 Å². The van der Waals surface area contributed by atoms with Crippen LogP contribution in [0.5, 0.6) is 0 Å². The summed E-state index contributed by atoms with van der Waals surface area (Å²) in [6, 6.07) is 5.37. The number of benzene rings is 1. The van der Waals surface area contributed by atoms with Crippen LogP contribution in [0, 0.1) is 0 Å². The number of carbonyl (C=O) groups is 3. The van der Waals surface area contributed by atoms with Crippen LogP contribution in [0.1, 0.15) is 63.5 Å². The van der Waals surface area contributed by atoms with Gasteiger partial charge in [0.2, 0.25) is 5.12 Å². The molecule has 0 heterocycles. The number of amides is 1. The van der Waals surface area contributed by atoms with Crippen LogP contribution in [0.25, 0.3) is 0 Å². The Morgan fingerprint density at radius 1 is 0.923 bits per heavy atom. The van der Waals surface area contributed by atoms with Gasteiger partial charge in [0, 0.05) is 7.05 Å². The monoisotopic (exact) mass is 381 g/mol. The van der Waals surface area contributed by atoms with Gasteiger partial charge in [0.25, 0.3) is 0 Å². The van der Waals surface area contributed by atoms with E-state index in [1.165, 1.54) is 11.9 Å². The lowest BCUT2D eigenvalue weighted by atomic mass is 10.0. The summed E-state index contributed by atoms with van der Waals surface area (Å²) in [7, 11) is 1.47. The molecular weight excluding hydrogens is 354 g/mol. The normalized spacial score (nSPS) is 12.9. The summed E-state index contributed by atoms with van der Waals surface area (Å²) < 4.78 is 10.6. The molecule has 0 fully saturated rings. The van der Waals surface area contributed by atoms with Crippen molar-refractivity contribution in [2.75, 3.05) is 7.05 Å². The fourth-order valence-corrected chi connectivity index (χ4v) is 2.43. The average molecular weight is 381 g/mol. The zero-order valence-corrected chi connectivity index (χ0v) is 17.2. The highest BCUT2D eigenvalue weighted by molar-refractivity contribution is 7.96. The van der Waals surface area contributed by atoms with Gasteiger partial charge in [-0.05, 0) is 59.2 Å². The molecule has 7 heteroatoms. The number of ether oxygens (including phenoxy) is 2. The third-order valence-electron chi connectivity index (χ3n) is 3.16. The first kappa shape index (κ1) is 22.0. The van der Waals surface area contributed by atoms with Crippen LogP contribution >= 0.6 is 12.6 Å². The lowest BCUT2D eigenvalue weighted by molar-refractivity contribution is -0.115. The quantitative estimate of drug-likeness (QED) is 0.630. The molecule has 0 saturated heterocycles. The molecule has 144 valence electrons. The second-order valence-electron chi connectivity index (χ2n) is 7.96. The summed E-state index contributed by atoms with van der Waals surface area (Å²) in [5.74, 6) is -0.460. The van der Waals surface area contributed by atoms with Gasteiger partial charge in [-0.15, -0.1) is 12.6 Å². The Labute approximate surface area is 160 Å². The highest BCUT2D eigenvalue weighted by Crippen LogP contribution is 2.25. The highest BCUT2D eigenvalue weighted by Gasteiger charge is 2.30. The van der Waals surface area contributed by atoms with E-state index in [-0.39, 0.29) is 0 Å². The van der Waals surface area contributed by atoms with Gasteiger partial charge in [-0.1, -0.05) is 12.1 Å². The van der Waals surface area contributed by atoms with Crippen LogP contribution in [-0.2, 0) is 14.3 Å². The van der Waals surface area contributed by atoms with Crippen molar-refractivity contribution >= 4 is 29.8 Å². The molecule has 1 amide bonds. The Morgan fingerprint density at radius 2 is 1.38 bits per heavy atom. The molecule has 1 rings (SSSR count). The van der Waals surface area contributed by atoms with Gasteiger partial charge in [-0.2, -0.15) is 0 Å². The van der Waals surface area contributed by atoms with E-state index >= 15 is 0 Å². The second kappa shape index (κ2) is 8.12. The Hall–Kier alpha value is -2.02. The number of likely N-dealkylation sites (N-methyl/N-ethyl adjacent to an activating group) is 1. The zero-order chi connectivity index (χ0) is 20.3.